The van der Waals surface area contributed by atoms with Crippen molar-refractivity contribution in [3.05, 3.63) is 41.7 Å². The molecule has 0 bridgehead atoms. The standard InChI is InChI=1S/C15H15N3O3/c1-18-7-6-12(17-18)15(19)11(9-16)10-4-5-13(20-2)14(8-10)21-3/h4-8,11H,1-3H3. The van der Waals surface area contributed by atoms with Crippen LogP contribution in [0, 0.1) is 11.3 Å². The summed E-state index contributed by atoms with van der Waals surface area (Å²) in [5.41, 5.74) is 0.810. The molecule has 21 heavy (non-hydrogen) atoms. The third-order valence-corrected chi connectivity index (χ3v) is 3.10. The van der Waals surface area contributed by atoms with Gasteiger partial charge in [-0.1, -0.05) is 6.07 Å². The summed E-state index contributed by atoms with van der Waals surface area (Å²) in [5.74, 6) is -0.252. The third kappa shape index (κ3) is 2.87. The van der Waals surface area contributed by atoms with Crippen molar-refractivity contribution in [3.8, 4) is 17.6 Å². The van der Waals surface area contributed by atoms with Gasteiger partial charge in [0.2, 0.25) is 5.78 Å². The van der Waals surface area contributed by atoms with Crippen LogP contribution in [0.15, 0.2) is 30.5 Å². The van der Waals surface area contributed by atoms with Crippen molar-refractivity contribution >= 4 is 5.78 Å². The average Bonchev–Trinajstić information content (AvgIpc) is 2.94. The first kappa shape index (κ1) is 14.6. The molecule has 2 aromatic rings. The molecule has 0 N–H and O–H groups in total. The number of aryl methyl sites for hydroxylation is 1. The van der Waals surface area contributed by atoms with Gasteiger partial charge in [-0.25, -0.2) is 0 Å². The zero-order chi connectivity index (χ0) is 15.4. The number of carbonyl (C=O) groups is 1. The maximum atomic E-state index is 12.4. The van der Waals surface area contributed by atoms with E-state index in [1.807, 2.05) is 6.07 Å². The van der Waals surface area contributed by atoms with Gasteiger partial charge in [0.1, 0.15) is 11.6 Å². The number of methoxy groups -OCH3 is 2. The van der Waals surface area contributed by atoms with Crippen molar-refractivity contribution in [3.63, 3.8) is 0 Å². The molecular formula is C15H15N3O3. The van der Waals surface area contributed by atoms with E-state index >= 15 is 0 Å². The highest BCUT2D eigenvalue weighted by Gasteiger charge is 2.24. The number of aromatic nitrogens is 2. The van der Waals surface area contributed by atoms with Gasteiger partial charge in [0.25, 0.3) is 0 Å². The number of nitriles is 1. The minimum Gasteiger partial charge on any atom is -0.493 e. The topological polar surface area (TPSA) is 77.1 Å². The van der Waals surface area contributed by atoms with Crippen molar-refractivity contribution in [2.45, 2.75) is 5.92 Å². The van der Waals surface area contributed by atoms with Crippen molar-refractivity contribution in [2.75, 3.05) is 14.2 Å². The fourth-order valence-corrected chi connectivity index (χ4v) is 2.01. The molecule has 2 rings (SSSR count). The van der Waals surface area contributed by atoms with E-state index in [1.54, 1.807) is 37.5 Å². The molecule has 1 atom stereocenters. The molecule has 1 heterocycles. The molecule has 6 heteroatoms. The molecule has 1 aromatic carbocycles. The van der Waals surface area contributed by atoms with Gasteiger partial charge < -0.3 is 9.47 Å². The maximum absolute atomic E-state index is 12.4. The van der Waals surface area contributed by atoms with Gasteiger partial charge in [0, 0.05) is 13.2 Å². The van der Waals surface area contributed by atoms with Crippen LogP contribution in [-0.2, 0) is 7.05 Å². The number of hydrogen-bond acceptors (Lipinski definition) is 5. The van der Waals surface area contributed by atoms with Crippen LogP contribution in [0.3, 0.4) is 0 Å². The van der Waals surface area contributed by atoms with E-state index in [1.165, 1.54) is 18.9 Å². The quantitative estimate of drug-likeness (QED) is 0.784. The molecule has 0 spiro atoms. The zero-order valence-corrected chi connectivity index (χ0v) is 12.0. The predicted octanol–water partition coefficient (Wildman–Crippen LogP) is 1.93. The molecule has 108 valence electrons. The van der Waals surface area contributed by atoms with E-state index in [0.717, 1.165) is 0 Å². The van der Waals surface area contributed by atoms with Crippen LogP contribution in [0.2, 0.25) is 0 Å². The summed E-state index contributed by atoms with van der Waals surface area (Å²) >= 11 is 0. The summed E-state index contributed by atoms with van der Waals surface area (Å²) in [4.78, 5) is 12.4. The lowest BCUT2D eigenvalue weighted by Gasteiger charge is -2.11. The summed E-state index contributed by atoms with van der Waals surface area (Å²) in [6.07, 6.45) is 1.66. The molecule has 0 aliphatic carbocycles. The summed E-state index contributed by atoms with van der Waals surface area (Å²) in [5, 5.41) is 13.4. The van der Waals surface area contributed by atoms with Gasteiger partial charge in [-0.3, -0.25) is 9.48 Å². The Hall–Kier alpha value is -2.81. The minimum absolute atomic E-state index is 0.263. The molecule has 6 nitrogen and oxygen atoms in total. The lowest BCUT2D eigenvalue weighted by molar-refractivity contribution is 0.0973. The number of hydrogen-bond donors (Lipinski definition) is 0. The first-order valence-electron chi connectivity index (χ1n) is 6.26. The van der Waals surface area contributed by atoms with Gasteiger partial charge in [-0.15, -0.1) is 0 Å². The van der Waals surface area contributed by atoms with Gasteiger partial charge in [0.05, 0.1) is 20.3 Å². The molecule has 0 radical (unpaired) electrons. The fraction of sp³-hybridized carbons (Fsp3) is 0.267. The van der Waals surface area contributed by atoms with E-state index in [-0.39, 0.29) is 11.5 Å². The summed E-state index contributed by atoms with van der Waals surface area (Å²) in [6, 6.07) is 8.59. The van der Waals surface area contributed by atoms with Crippen LogP contribution >= 0.6 is 0 Å². The third-order valence-electron chi connectivity index (χ3n) is 3.10. The predicted molar refractivity (Wildman–Crippen MR) is 75.4 cm³/mol. The lowest BCUT2D eigenvalue weighted by Crippen LogP contribution is -2.12. The second kappa shape index (κ2) is 6.09. The van der Waals surface area contributed by atoms with E-state index in [9.17, 15) is 10.1 Å². The maximum Gasteiger partial charge on any atom is 0.204 e. The highest BCUT2D eigenvalue weighted by atomic mass is 16.5. The number of nitrogens with zero attached hydrogens (tertiary/aromatic N) is 3. The second-order valence-electron chi connectivity index (χ2n) is 4.42. The molecule has 0 amide bonds. The Morgan fingerprint density at radius 1 is 1.29 bits per heavy atom. The average molecular weight is 285 g/mol. The SMILES string of the molecule is COc1ccc(C(C#N)C(=O)c2ccn(C)n2)cc1OC. The number of ether oxygens (including phenoxy) is 2. The Morgan fingerprint density at radius 3 is 2.52 bits per heavy atom. The van der Waals surface area contributed by atoms with Crippen LogP contribution in [0.1, 0.15) is 22.0 Å². The Kier molecular flexibility index (Phi) is 4.24. The van der Waals surface area contributed by atoms with Crippen LogP contribution < -0.4 is 9.47 Å². The van der Waals surface area contributed by atoms with E-state index in [4.69, 9.17) is 9.47 Å². The smallest absolute Gasteiger partial charge is 0.204 e. The molecule has 0 saturated heterocycles. The Bertz CT molecular complexity index is 700. The van der Waals surface area contributed by atoms with Gasteiger partial charge in [-0.05, 0) is 23.8 Å². The molecular weight excluding hydrogens is 270 g/mol. The van der Waals surface area contributed by atoms with Crippen molar-refractivity contribution in [1.82, 2.24) is 9.78 Å². The van der Waals surface area contributed by atoms with Crippen LogP contribution in [0.25, 0.3) is 0 Å². The lowest BCUT2D eigenvalue weighted by atomic mass is 9.94. The highest BCUT2D eigenvalue weighted by Crippen LogP contribution is 2.31. The van der Waals surface area contributed by atoms with E-state index in [2.05, 4.69) is 5.10 Å². The molecule has 0 saturated carbocycles. The van der Waals surface area contributed by atoms with Gasteiger partial charge >= 0.3 is 0 Å². The largest absolute Gasteiger partial charge is 0.493 e. The van der Waals surface area contributed by atoms with Crippen LogP contribution in [-0.4, -0.2) is 29.8 Å². The first-order valence-corrected chi connectivity index (χ1v) is 6.26. The highest BCUT2D eigenvalue weighted by molar-refractivity contribution is 6.01. The fourth-order valence-electron chi connectivity index (χ4n) is 2.01. The minimum atomic E-state index is -0.931. The normalized spacial score (nSPS) is 11.5. The van der Waals surface area contributed by atoms with Gasteiger partial charge in [0.15, 0.2) is 11.5 Å². The number of Topliss-reactive ketones (excluding diaryl/α,β-unsaturated/α-hetero) is 1. The van der Waals surface area contributed by atoms with Crippen LogP contribution in [0.4, 0.5) is 0 Å². The zero-order valence-electron chi connectivity index (χ0n) is 12.0. The summed E-state index contributed by atoms with van der Waals surface area (Å²) in [7, 11) is 4.75. The van der Waals surface area contributed by atoms with E-state index < -0.39 is 5.92 Å². The van der Waals surface area contributed by atoms with Crippen LogP contribution in [0.5, 0.6) is 11.5 Å². The van der Waals surface area contributed by atoms with Crippen molar-refractivity contribution in [2.24, 2.45) is 7.05 Å². The van der Waals surface area contributed by atoms with Crippen molar-refractivity contribution in [1.29, 1.82) is 5.26 Å². The molecule has 0 aliphatic heterocycles. The number of benzene rings is 1. The Labute approximate surface area is 122 Å². The number of rotatable bonds is 5. The molecule has 0 fully saturated rings. The van der Waals surface area contributed by atoms with Crippen molar-refractivity contribution < 1.29 is 14.3 Å². The Balaban J connectivity index is 2.38. The summed E-state index contributed by atoms with van der Waals surface area (Å²) in [6.45, 7) is 0. The second-order valence-corrected chi connectivity index (χ2v) is 4.42. The molecule has 1 unspecified atom stereocenters. The monoisotopic (exact) mass is 285 g/mol. The summed E-state index contributed by atoms with van der Waals surface area (Å²) < 4.78 is 11.9. The first-order chi connectivity index (χ1) is 10.1. The molecule has 0 aliphatic rings. The Morgan fingerprint density at radius 2 is 2.00 bits per heavy atom. The van der Waals surface area contributed by atoms with E-state index in [0.29, 0.717) is 17.1 Å². The number of carbonyl (C=O) groups excluding carboxylic acids is 1. The van der Waals surface area contributed by atoms with Gasteiger partial charge in [-0.2, -0.15) is 10.4 Å². The molecule has 1 aromatic heterocycles. The number of ketones is 1.